The Labute approximate surface area is 157 Å². The average Bonchev–Trinajstić information content (AvgIpc) is 2.67. The monoisotopic (exact) mass is 381 g/mol. The zero-order valence-corrected chi connectivity index (χ0v) is 16.6. The smallest absolute Gasteiger partial charge is 0.240 e. The van der Waals surface area contributed by atoms with Crippen LogP contribution >= 0.6 is 0 Å². The predicted octanol–water partition coefficient (Wildman–Crippen LogP) is 1.14. The third-order valence-electron chi connectivity index (χ3n) is 4.41. The van der Waals surface area contributed by atoms with E-state index in [1.807, 2.05) is 13.0 Å². The Morgan fingerprint density at radius 3 is 2.65 bits per heavy atom. The number of likely N-dealkylation sites (tertiary alicyclic amines) is 1. The van der Waals surface area contributed by atoms with Crippen molar-refractivity contribution in [3.8, 4) is 0 Å². The fraction of sp³-hybridized carbons (Fsp3) is 0.611. The summed E-state index contributed by atoms with van der Waals surface area (Å²) in [5.74, 6) is 0.756. The topological polar surface area (TPSA) is 85.8 Å². The second-order valence-electron chi connectivity index (χ2n) is 6.38. The quantitative estimate of drug-likeness (QED) is 0.464. The standard InChI is InChI=1S/C18H31N5O2S/c1-3-20-18(21-10-13-23-11-5-4-6-12-23)22-15-16-8-7-9-17(14-16)26(24,25)19-2/h7-9,14,19H,3-6,10-13,15H2,1-2H3,(H2,20,21,22). The molecule has 0 saturated carbocycles. The van der Waals surface area contributed by atoms with Gasteiger partial charge >= 0.3 is 0 Å². The van der Waals surface area contributed by atoms with Gasteiger partial charge in [0.25, 0.3) is 0 Å². The molecular formula is C18H31N5O2S. The summed E-state index contributed by atoms with van der Waals surface area (Å²) in [5.41, 5.74) is 0.856. The maximum atomic E-state index is 11.9. The van der Waals surface area contributed by atoms with Crippen molar-refractivity contribution in [2.75, 3.05) is 39.8 Å². The Bertz CT molecular complexity index is 685. The summed E-state index contributed by atoms with van der Waals surface area (Å²) in [4.78, 5) is 7.31. The van der Waals surface area contributed by atoms with E-state index in [0.717, 1.165) is 31.2 Å². The molecule has 1 aliphatic heterocycles. The summed E-state index contributed by atoms with van der Waals surface area (Å²) in [5, 5.41) is 6.60. The van der Waals surface area contributed by atoms with Crippen molar-refractivity contribution >= 4 is 16.0 Å². The minimum absolute atomic E-state index is 0.260. The molecule has 2 rings (SSSR count). The van der Waals surface area contributed by atoms with Crippen LogP contribution in [0.5, 0.6) is 0 Å². The lowest BCUT2D eigenvalue weighted by Crippen LogP contribution is -2.42. The fourth-order valence-corrected chi connectivity index (χ4v) is 3.76. The van der Waals surface area contributed by atoms with Crippen LogP contribution in [-0.2, 0) is 16.6 Å². The molecule has 0 amide bonds. The molecule has 8 heteroatoms. The molecule has 0 unspecified atom stereocenters. The van der Waals surface area contributed by atoms with Gasteiger partial charge in [0, 0.05) is 19.6 Å². The second-order valence-corrected chi connectivity index (χ2v) is 8.27. The minimum atomic E-state index is -3.43. The number of piperidine rings is 1. The van der Waals surface area contributed by atoms with E-state index in [-0.39, 0.29) is 4.90 Å². The zero-order chi connectivity index (χ0) is 18.8. The SMILES string of the molecule is CCNC(=NCc1cccc(S(=O)(=O)NC)c1)NCCN1CCCCC1. The van der Waals surface area contributed by atoms with E-state index < -0.39 is 10.0 Å². The van der Waals surface area contributed by atoms with Crippen LogP contribution in [0, 0.1) is 0 Å². The van der Waals surface area contributed by atoms with Crippen molar-refractivity contribution in [1.29, 1.82) is 0 Å². The number of benzene rings is 1. The molecule has 26 heavy (non-hydrogen) atoms. The number of nitrogens with one attached hydrogen (secondary N) is 3. The van der Waals surface area contributed by atoms with E-state index in [1.54, 1.807) is 18.2 Å². The van der Waals surface area contributed by atoms with E-state index in [4.69, 9.17) is 0 Å². The molecule has 1 aromatic rings. The highest BCUT2D eigenvalue weighted by atomic mass is 32.2. The Kier molecular flexibility index (Phi) is 8.34. The van der Waals surface area contributed by atoms with E-state index in [0.29, 0.717) is 6.54 Å². The van der Waals surface area contributed by atoms with E-state index in [9.17, 15) is 8.42 Å². The molecule has 146 valence electrons. The molecule has 1 saturated heterocycles. The van der Waals surface area contributed by atoms with Crippen LogP contribution in [0.2, 0.25) is 0 Å². The molecule has 1 heterocycles. The lowest BCUT2D eigenvalue weighted by Gasteiger charge is -2.26. The molecule has 1 aromatic carbocycles. The van der Waals surface area contributed by atoms with Crippen LogP contribution in [0.4, 0.5) is 0 Å². The van der Waals surface area contributed by atoms with Crippen molar-refractivity contribution in [2.45, 2.75) is 37.6 Å². The molecule has 0 atom stereocenters. The molecule has 1 fully saturated rings. The summed E-state index contributed by atoms with van der Waals surface area (Å²) in [6.45, 7) is 7.46. The molecule has 0 aromatic heterocycles. The Balaban J connectivity index is 1.92. The van der Waals surface area contributed by atoms with Gasteiger partial charge in [-0.05, 0) is 57.6 Å². The number of hydrogen-bond donors (Lipinski definition) is 3. The van der Waals surface area contributed by atoms with Gasteiger partial charge in [-0.25, -0.2) is 18.1 Å². The minimum Gasteiger partial charge on any atom is -0.357 e. The maximum Gasteiger partial charge on any atom is 0.240 e. The molecule has 0 bridgehead atoms. The lowest BCUT2D eigenvalue weighted by atomic mass is 10.1. The summed E-state index contributed by atoms with van der Waals surface area (Å²) in [6.07, 6.45) is 3.93. The first-order valence-corrected chi connectivity index (χ1v) is 10.8. The van der Waals surface area contributed by atoms with E-state index >= 15 is 0 Å². The van der Waals surface area contributed by atoms with Gasteiger partial charge in [0.15, 0.2) is 5.96 Å². The van der Waals surface area contributed by atoms with Crippen LogP contribution in [0.25, 0.3) is 0 Å². The first-order valence-electron chi connectivity index (χ1n) is 9.32. The normalized spacial score (nSPS) is 16.5. The van der Waals surface area contributed by atoms with Crippen molar-refractivity contribution in [3.05, 3.63) is 29.8 Å². The van der Waals surface area contributed by atoms with Crippen molar-refractivity contribution in [2.24, 2.45) is 4.99 Å². The van der Waals surface area contributed by atoms with Gasteiger partial charge in [-0.1, -0.05) is 18.6 Å². The number of guanidine groups is 1. The zero-order valence-electron chi connectivity index (χ0n) is 15.8. The van der Waals surface area contributed by atoms with Gasteiger partial charge < -0.3 is 15.5 Å². The van der Waals surface area contributed by atoms with Gasteiger partial charge in [-0.15, -0.1) is 0 Å². The molecule has 0 aliphatic carbocycles. The maximum absolute atomic E-state index is 11.9. The summed E-state index contributed by atoms with van der Waals surface area (Å²) < 4.78 is 26.2. The molecule has 3 N–H and O–H groups in total. The first kappa shape index (κ1) is 20.7. The summed E-state index contributed by atoms with van der Waals surface area (Å²) in [7, 11) is -2.02. The number of aliphatic imine (C=N–C) groups is 1. The number of rotatable bonds is 8. The second kappa shape index (κ2) is 10.5. The lowest BCUT2D eigenvalue weighted by molar-refractivity contribution is 0.232. The average molecular weight is 382 g/mol. The van der Waals surface area contributed by atoms with Crippen molar-refractivity contribution in [3.63, 3.8) is 0 Å². The van der Waals surface area contributed by atoms with Crippen LogP contribution in [-0.4, -0.2) is 59.0 Å². The number of sulfonamides is 1. The predicted molar refractivity (Wildman–Crippen MR) is 106 cm³/mol. The van der Waals surface area contributed by atoms with Gasteiger partial charge in [-0.2, -0.15) is 0 Å². The molecular weight excluding hydrogens is 350 g/mol. The Hall–Kier alpha value is -1.64. The highest BCUT2D eigenvalue weighted by molar-refractivity contribution is 7.89. The summed E-state index contributed by atoms with van der Waals surface area (Å²) >= 11 is 0. The molecule has 1 aliphatic rings. The largest absolute Gasteiger partial charge is 0.357 e. The Morgan fingerprint density at radius 1 is 1.19 bits per heavy atom. The van der Waals surface area contributed by atoms with E-state index in [1.165, 1.54) is 39.4 Å². The molecule has 0 radical (unpaired) electrons. The first-order chi connectivity index (χ1) is 12.5. The van der Waals surface area contributed by atoms with Gasteiger partial charge in [0.2, 0.25) is 10.0 Å². The van der Waals surface area contributed by atoms with E-state index in [2.05, 4.69) is 25.2 Å². The summed E-state index contributed by atoms with van der Waals surface area (Å²) in [6, 6.07) is 6.87. The third-order valence-corrected chi connectivity index (χ3v) is 5.82. The van der Waals surface area contributed by atoms with Gasteiger partial charge in [0.05, 0.1) is 11.4 Å². The number of nitrogens with zero attached hydrogens (tertiary/aromatic N) is 2. The van der Waals surface area contributed by atoms with Crippen molar-refractivity contribution in [1.82, 2.24) is 20.3 Å². The fourth-order valence-electron chi connectivity index (χ4n) is 2.96. The third kappa shape index (κ3) is 6.59. The van der Waals surface area contributed by atoms with Crippen LogP contribution < -0.4 is 15.4 Å². The van der Waals surface area contributed by atoms with Crippen molar-refractivity contribution < 1.29 is 8.42 Å². The highest BCUT2D eigenvalue weighted by Crippen LogP contribution is 2.12. The Morgan fingerprint density at radius 2 is 1.96 bits per heavy atom. The molecule has 0 spiro atoms. The van der Waals surface area contributed by atoms with Crippen LogP contribution in [0.3, 0.4) is 0 Å². The highest BCUT2D eigenvalue weighted by Gasteiger charge is 2.11. The molecule has 7 nitrogen and oxygen atoms in total. The van der Waals surface area contributed by atoms with Gasteiger partial charge in [-0.3, -0.25) is 0 Å². The number of hydrogen-bond acceptors (Lipinski definition) is 4. The van der Waals surface area contributed by atoms with Crippen LogP contribution in [0.1, 0.15) is 31.7 Å². The van der Waals surface area contributed by atoms with Gasteiger partial charge in [0.1, 0.15) is 0 Å². The van der Waals surface area contributed by atoms with Crippen LogP contribution in [0.15, 0.2) is 34.2 Å².